The molecule has 2 aromatic carbocycles. The Balaban J connectivity index is 1.64. The lowest BCUT2D eigenvalue weighted by molar-refractivity contribution is -0.135. The smallest absolute Gasteiger partial charge is 0.359 e. The van der Waals surface area contributed by atoms with Gasteiger partial charge in [-0.2, -0.15) is 20.2 Å². The van der Waals surface area contributed by atoms with E-state index in [4.69, 9.17) is 79.4 Å². The fourth-order valence-corrected chi connectivity index (χ4v) is 5.99. The molecule has 2 heterocycles. The SMILES string of the molecule is CCOC(=O)C1=NN(c2c(Cl)cc(Cl)cc2Cl)C(=O)\C1=C/C=C/C=C/C1C(=O)N(c2c(Cl)cc(Cl)cc2Cl)N=C1C(=O)C#CO. The van der Waals surface area contributed by atoms with Gasteiger partial charge >= 0.3 is 5.97 Å². The molecule has 1 unspecified atom stereocenters. The summed E-state index contributed by atoms with van der Waals surface area (Å²) < 4.78 is 5.04. The van der Waals surface area contributed by atoms with Gasteiger partial charge in [0.25, 0.3) is 17.6 Å². The molecule has 2 amide bonds. The molecule has 0 spiro atoms. The molecule has 1 N–H and O–H groups in total. The third-order valence-electron chi connectivity index (χ3n) is 5.90. The first-order valence-corrected chi connectivity index (χ1v) is 14.7. The molecule has 0 fully saturated rings. The molecule has 1 atom stereocenters. The number of aliphatic hydroxyl groups is 1. The van der Waals surface area contributed by atoms with Crippen molar-refractivity contribution in [2.24, 2.45) is 16.1 Å². The van der Waals surface area contributed by atoms with Crippen molar-refractivity contribution in [2.75, 3.05) is 16.6 Å². The van der Waals surface area contributed by atoms with Crippen LogP contribution in [0.4, 0.5) is 11.4 Å². The number of benzene rings is 2. The Morgan fingerprint density at radius 3 is 1.98 bits per heavy atom. The second kappa shape index (κ2) is 14.5. The number of ketones is 1. The minimum absolute atomic E-state index is 0.00342. The summed E-state index contributed by atoms with van der Waals surface area (Å²) in [4.78, 5) is 51.8. The van der Waals surface area contributed by atoms with E-state index in [1.54, 1.807) is 6.92 Å². The maximum atomic E-state index is 13.3. The number of anilines is 2. The Morgan fingerprint density at radius 1 is 0.889 bits per heavy atom. The number of rotatable bonds is 8. The number of carbonyl (C=O) groups is 4. The first kappa shape index (κ1) is 34.1. The summed E-state index contributed by atoms with van der Waals surface area (Å²) in [5.41, 5.74) is -0.775. The van der Waals surface area contributed by atoms with E-state index in [1.807, 2.05) is 5.92 Å². The number of nitrogens with zero attached hydrogens (tertiary/aromatic N) is 4. The van der Waals surface area contributed by atoms with Gasteiger partial charge in [0.05, 0.1) is 32.3 Å². The molecule has 45 heavy (non-hydrogen) atoms. The quantitative estimate of drug-likeness (QED) is 0.137. The van der Waals surface area contributed by atoms with Crippen LogP contribution in [0.5, 0.6) is 0 Å². The van der Waals surface area contributed by atoms with Gasteiger partial charge in [0.1, 0.15) is 29.1 Å². The average Bonchev–Trinajstić information content (AvgIpc) is 3.44. The standard InChI is InChI=1S/C29H16Cl6N4O6/c1-2-45-29(44)24-17(28(43)39(37-24)26-20(34)12-15(31)13-21(26)35)7-5-3-4-6-16-23(22(41)8-9-40)36-38(27(16)42)25-18(32)10-14(30)11-19(25)33/h3-7,10-13,16,40H,2H2,1H3/b5-3+,6-4+,17-7-. The summed E-state index contributed by atoms with van der Waals surface area (Å²) in [6.45, 7) is 1.60. The van der Waals surface area contributed by atoms with Crippen molar-refractivity contribution in [3.63, 3.8) is 0 Å². The number of aliphatic hydroxyl groups excluding tert-OH is 1. The van der Waals surface area contributed by atoms with E-state index in [0.717, 1.165) is 10.0 Å². The fraction of sp³-hybridized carbons (Fsp3) is 0.103. The molecular formula is C29H16Cl6N4O6. The molecular weight excluding hydrogens is 713 g/mol. The van der Waals surface area contributed by atoms with Crippen molar-refractivity contribution >= 4 is 116 Å². The van der Waals surface area contributed by atoms with Crippen LogP contribution >= 0.6 is 69.6 Å². The number of Topliss-reactive ketones (excluding diaryl/α,β-unsaturated/α-hetero) is 1. The Bertz CT molecular complexity index is 1810. The molecule has 16 heteroatoms. The molecule has 2 aliphatic rings. The Morgan fingerprint density at radius 2 is 1.44 bits per heavy atom. The van der Waals surface area contributed by atoms with Gasteiger partial charge in [-0.05, 0) is 37.3 Å². The van der Waals surface area contributed by atoms with E-state index in [1.165, 1.54) is 60.8 Å². The number of carbonyl (C=O) groups excluding carboxylic acids is 4. The summed E-state index contributed by atoms with van der Waals surface area (Å²) in [6.07, 6.45) is 8.27. The van der Waals surface area contributed by atoms with E-state index < -0.39 is 29.5 Å². The summed E-state index contributed by atoms with van der Waals surface area (Å²) in [5.74, 6) is -2.57. The van der Waals surface area contributed by atoms with Gasteiger partial charge in [-0.25, -0.2) is 4.79 Å². The highest BCUT2D eigenvalue weighted by Crippen LogP contribution is 2.40. The van der Waals surface area contributed by atoms with Gasteiger partial charge in [-0.15, -0.1) is 0 Å². The van der Waals surface area contributed by atoms with Crippen LogP contribution in [-0.4, -0.2) is 46.7 Å². The molecule has 0 radical (unpaired) electrons. The lowest BCUT2D eigenvalue weighted by Crippen LogP contribution is -2.28. The van der Waals surface area contributed by atoms with E-state index in [0.29, 0.717) is 0 Å². The van der Waals surface area contributed by atoms with Crippen LogP contribution in [0.25, 0.3) is 0 Å². The second-order valence-corrected chi connectivity index (χ2v) is 11.3. The lowest BCUT2D eigenvalue weighted by atomic mass is 9.99. The Hall–Kier alpha value is -3.82. The van der Waals surface area contributed by atoms with Crippen LogP contribution in [0.15, 0.2) is 70.4 Å². The fourth-order valence-electron chi connectivity index (χ4n) is 4.03. The molecule has 0 bridgehead atoms. The summed E-state index contributed by atoms with van der Waals surface area (Å²) in [6, 6.07) is 5.40. The van der Waals surface area contributed by atoms with Crippen molar-refractivity contribution in [3.8, 4) is 12.0 Å². The Labute approximate surface area is 285 Å². The number of halogens is 6. The van der Waals surface area contributed by atoms with Crippen molar-refractivity contribution in [3.05, 3.63) is 90.4 Å². The van der Waals surface area contributed by atoms with Gasteiger partial charge < -0.3 is 9.84 Å². The van der Waals surface area contributed by atoms with Crippen molar-refractivity contribution in [1.29, 1.82) is 0 Å². The van der Waals surface area contributed by atoms with Crippen LogP contribution in [0.3, 0.4) is 0 Å². The number of hydrogen-bond donors (Lipinski definition) is 1. The predicted molar refractivity (Wildman–Crippen MR) is 174 cm³/mol. The summed E-state index contributed by atoms with van der Waals surface area (Å²) in [7, 11) is 0. The monoisotopic (exact) mass is 726 g/mol. The predicted octanol–water partition coefficient (Wildman–Crippen LogP) is 6.83. The minimum atomic E-state index is -1.26. The highest BCUT2D eigenvalue weighted by Gasteiger charge is 2.40. The summed E-state index contributed by atoms with van der Waals surface area (Å²) >= 11 is 37.0. The molecule has 4 rings (SSSR count). The van der Waals surface area contributed by atoms with Crippen molar-refractivity contribution in [2.45, 2.75) is 6.92 Å². The number of hydrazone groups is 2. The van der Waals surface area contributed by atoms with Crippen LogP contribution < -0.4 is 10.0 Å². The largest absolute Gasteiger partial charge is 0.462 e. The first-order valence-electron chi connectivity index (χ1n) is 12.5. The van der Waals surface area contributed by atoms with Gasteiger partial charge in [0.15, 0.2) is 5.71 Å². The van der Waals surface area contributed by atoms with Crippen molar-refractivity contribution in [1.82, 2.24) is 0 Å². The molecule has 2 aliphatic heterocycles. The van der Waals surface area contributed by atoms with E-state index in [9.17, 15) is 19.2 Å². The number of esters is 1. The molecule has 0 aliphatic carbocycles. The number of amides is 2. The topological polar surface area (TPSA) is 129 Å². The van der Waals surface area contributed by atoms with Crippen LogP contribution in [0, 0.1) is 17.9 Å². The number of ether oxygens (including phenoxy) is 1. The zero-order chi connectivity index (χ0) is 33.0. The molecule has 0 aromatic heterocycles. The zero-order valence-electron chi connectivity index (χ0n) is 22.5. The van der Waals surface area contributed by atoms with Crippen molar-refractivity contribution < 1.29 is 29.0 Å². The highest BCUT2D eigenvalue weighted by atomic mass is 35.5. The Kier molecular flexibility index (Phi) is 11.0. The second-order valence-electron chi connectivity index (χ2n) is 8.75. The van der Waals surface area contributed by atoms with Crippen LogP contribution in [0.2, 0.25) is 30.1 Å². The van der Waals surface area contributed by atoms with Gasteiger partial charge in [0, 0.05) is 16.0 Å². The molecule has 10 nitrogen and oxygen atoms in total. The number of hydrogen-bond acceptors (Lipinski definition) is 8. The van der Waals surface area contributed by atoms with E-state index in [2.05, 4.69) is 10.2 Å². The minimum Gasteiger partial charge on any atom is -0.462 e. The number of allylic oxidation sites excluding steroid dienone is 4. The molecule has 230 valence electrons. The van der Waals surface area contributed by atoms with Gasteiger partial charge in [-0.1, -0.05) is 93.9 Å². The van der Waals surface area contributed by atoms with Gasteiger partial charge in [0.2, 0.25) is 0 Å². The lowest BCUT2D eigenvalue weighted by Gasteiger charge is -2.16. The molecule has 0 saturated heterocycles. The summed E-state index contributed by atoms with van der Waals surface area (Å²) in [5, 5.41) is 19.2. The third kappa shape index (κ3) is 7.20. The maximum Gasteiger partial charge on any atom is 0.359 e. The highest BCUT2D eigenvalue weighted by molar-refractivity contribution is 6.54. The molecule has 2 aromatic rings. The van der Waals surface area contributed by atoms with E-state index in [-0.39, 0.29) is 65.1 Å². The van der Waals surface area contributed by atoms with Gasteiger partial charge in [-0.3, -0.25) is 14.4 Å². The normalized spacial score (nSPS) is 17.3. The third-order valence-corrected chi connectivity index (χ3v) is 7.49. The average molecular weight is 729 g/mol. The molecule has 0 saturated carbocycles. The maximum absolute atomic E-state index is 13.3. The zero-order valence-corrected chi connectivity index (χ0v) is 27.1. The van der Waals surface area contributed by atoms with E-state index >= 15 is 0 Å². The van der Waals surface area contributed by atoms with Crippen LogP contribution in [0.1, 0.15) is 6.92 Å². The first-order chi connectivity index (χ1) is 21.4. The van der Waals surface area contributed by atoms with Crippen LogP contribution in [-0.2, 0) is 23.9 Å².